The SMILES string of the molecule is O=C(O)C[C@H](Cc1ccc(Br)cc1)NC(=O)C(F)(F)F. The molecule has 20 heavy (non-hydrogen) atoms. The lowest BCUT2D eigenvalue weighted by molar-refractivity contribution is -0.174. The highest BCUT2D eigenvalue weighted by Crippen LogP contribution is 2.17. The third-order valence-electron chi connectivity index (χ3n) is 2.41. The predicted octanol–water partition coefficient (Wildman–Crippen LogP) is 2.51. The van der Waals surface area contributed by atoms with E-state index in [1.165, 1.54) is 0 Å². The minimum Gasteiger partial charge on any atom is -0.481 e. The molecule has 0 saturated heterocycles. The highest BCUT2D eigenvalue weighted by molar-refractivity contribution is 9.10. The number of nitrogens with one attached hydrogen (secondary N) is 1. The molecule has 0 radical (unpaired) electrons. The Bertz CT molecular complexity index is 488. The molecule has 2 N–H and O–H groups in total. The Labute approximate surface area is 121 Å². The van der Waals surface area contributed by atoms with Gasteiger partial charge in [0.15, 0.2) is 0 Å². The summed E-state index contributed by atoms with van der Waals surface area (Å²) in [5.74, 6) is -3.42. The molecule has 0 fully saturated rings. The van der Waals surface area contributed by atoms with Gasteiger partial charge in [-0.2, -0.15) is 13.2 Å². The third-order valence-corrected chi connectivity index (χ3v) is 2.94. The number of halogens is 4. The molecule has 4 nitrogen and oxygen atoms in total. The van der Waals surface area contributed by atoms with E-state index < -0.39 is 30.5 Å². The molecule has 1 amide bonds. The standard InChI is InChI=1S/C12H11BrF3NO3/c13-8-3-1-7(2-4-8)5-9(6-10(18)19)17-11(20)12(14,15)16/h1-4,9H,5-6H2,(H,17,20)(H,18,19)/t9-/m0/s1. The zero-order valence-corrected chi connectivity index (χ0v) is 11.7. The number of benzene rings is 1. The average Bonchev–Trinajstić information content (AvgIpc) is 2.30. The van der Waals surface area contributed by atoms with Gasteiger partial charge in [-0.25, -0.2) is 0 Å². The number of amides is 1. The first kappa shape index (κ1) is 16.5. The van der Waals surface area contributed by atoms with Crippen LogP contribution in [0.1, 0.15) is 12.0 Å². The second-order valence-electron chi connectivity index (χ2n) is 4.10. The summed E-state index contributed by atoms with van der Waals surface area (Å²) >= 11 is 3.21. The van der Waals surface area contributed by atoms with Crippen LogP contribution in [0.2, 0.25) is 0 Å². The van der Waals surface area contributed by atoms with Crippen molar-refractivity contribution < 1.29 is 27.9 Å². The van der Waals surface area contributed by atoms with E-state index in [9.17, 15) is 22.8 Å². The molecule has 0 aromatic heterocycles. The highest BCUT2D eigenvalue weighted by Gasteiger charge is 2.39. The fraction of sp³-hybridized carbons (Fsp3) is 0.333. The molecule has 0 saturated carbocycles. The van der Waals surface area contributed by atoms with E-state index in [1.54, 1.807) is 29.6 Å². The van der Waals surface area contributed by atoms with E-state index in [1.807, 2.05) is 0 Å². The summed E-state index contributed by atoms with van der Waals surface area (Å²) in [6.07, 6.45) is -5.62. The second kappa shape index (κ2) is 6.74. The van der Waals surface area contributed by atoms with Crippen molar-refractivity contribution in [2.75, 3.05) is 0 Å². The molecule has 0 aliphatic heterocycles. The van der Waals surface area contributed by atoms with Crippen LogP contribution in [0.25, 0.3) is 0 Å². The van der Waals surface area contributed by atoms with Crippen molar-refractivity contribution >= 4 is 27.8 Å². The molecule has 1 aromatic carbocycles. The normalized spacial score (nSPS) is 12.8. The molecular formula is C12H11BrF3NO3. The molecule has 1 rings (SSSR count). The Morgan fingerprint density at radius 3 is 2.25 bits per heavy atom. The van der Waals surface area contributed by atoms with Crippen molar-refractivity contribution in [1.29, 1.82) is 0 Å². The number of carboxylic acids is 1. The van der Waals surface area contributed by atoms with Crippen LogP contribution in [0, 0.1) is 0 Å². The summed E-state index contributed by atoms with van der Waals surface area (Å²) in [4.78, 5) is 21.5. The van der Waals surface area contributed by atoms with Gasteiger partial charge in [0.2, 0.25) is 0 Å². The summed E-state index contributed by atoms with van der Waals surface area (Å²) < 4.78 is 37.3. The van der Waals surface area contributed by atoms with Crippen molar-refractivity contribution in [2.45, 2.75) is 25.1 Å². The predicted molar refractivity (Wildman–Crippen MR) is 68.1 cm³/mol. The van der Waals surface area contributed by atoms with Gasteiger partial charge in [0, 0.05) is 10.5 Å². The van der Waals surface area contributed by atoms with Crippen LogP contribution in [0.4, 0.5) is 13.2 Å². The average molecular weight is 354 g/mol. The van der Waals surface area contributed by atoms with E-state index in [-0.39, 0.29) is 6.42 Å². The molecule has 1 atom stereocenters. The van der Waals surface area contributed by atoms with Crippen molar-refractivity contribution in [2.24, 2.45) is 0 Å². The molecule has 0 unspecified atom stereocenters. The van der Waals surface area contributed by atoms with Crippen LogP contribution in [-0.2, 0) is 16.0 Å². The molecule has 0 aliphatic rings. The number of rotatable bonds is 5. The number of alkyl halides is 3. The maximum atomic E-state index is 12.2. The van der Waals surface area contributed by atoms with Crippen LogP contribution >= 0.6 is 15.9 Å². The maximum Gasteiger partial charge on any atom is 0.471 e. The zero-order chi connectivity index (χ0) is 15.3. The first-order valence-electron chi connectivity index (χ1n) is 5.52. The molecule has 0 bridgehead atoms. The van der Waals surface area contributed by atoms with Crippen LogP contribution < -0.4 is 5.32 Å². The maximum absolute atomic E-state index is 12.2. The Morgan fingerprint density at radius 2 is 1.80 bits per heavy atom. The fourth-order valence-corrected chi connectivity index (χ4v) is 1.82. The smallest absolute Gasteiger partial charge is 0.471 e. The number of hydrogen-bond donors (Lipinski definition) is 2. The lowest BCUT2D eigenvalue weighted by Gasteiger charge is -2.18. The second-order valence-corrected chi connectivity index (χ2v) is 5.01. The van der Waals surface area contributed by atoms with Gasteiger partial charge < -0.3 is 10.4 Å². The minimum absolute atomic E-state index is 0.00139. The summed E-state index contributed by atoms with van der Waals surface area (Å²) in [7, 11) is 0. The first-order valence-corrected chi connectivity index (χ1v) is 6.31. The minimum atomic E-state index is -5.03. The zero-order valence-electron chi connectivity index (χ0n) is 10.1. The van der Waals surface area contributed by atoms with Crippen molar-refractivity contribution in [3.05, 3.63) is 34.3 Å². The van der Waals surface area contributed by atoms with Gasteiger partial charge in [0.05, 0.1) is 6.42 Å². The summed E-state index contributed by atoms with van der Waals surface area (Å²) in [5.41, 5.74) is 0.627. The monoisotopic (exact) mass is 353 g/mol. The van der Waals surface area contributed by atoms with E-state index in [0.29, 0.717) is 5.56 Å². The Balaban J connectivity index is 2.76. The van der Waals surface area contributed by atoms with E-state index >= 15 is 0 Å². The van der Waals surface area contributed by atoms with E-state index in [0.717, 1.165) is 4.47 Å². The third kappa shape index (κ3) is 5.60. The van der Waals surface area contributed by atoms with E-state index in [4.69, 9.17) is 5.11 Å². The number of carbonyl (C=O) groups is 2. The fourth-order valence-electron chi connectivity index (χ4n) is 1.56. The highest BCUT2D eigenvalue weighted by atomic mass is 79.9. The molecule has 0 heterocycles. The molecule has 110 valence electrons. The molecule has 0 aliphatic carbocycles. The van der Waals surface area contributed by atoms with Gasteiger partial charge in [-0.1, -0.05) is 28.1 Å². The summed E-state index contributed by atoms with van der Waals surface area (Å²) in [5, 5.41) is 10.4. The Hall–Kier alpha value is -1.57. The number of carbonyl (C=O) groups excluding carboxylic acids is 1. The van der Waals surface area contributed by atoms with Gasteiger partial charge in [-0.3, -0.25) is 9.59 Å². The van der Waals surface area contributed by atoms with Gasteiger partial charge in [-0.05, 0) is 24.1 Å². The van der Waals surface area contributed by atoms with Crippen LogP contribution in [0.5, 0.6) is 0 Å². The Morgan fingerprint density at radius 1 is 1.25 bits per heavy atom. The topological polar surface area (TPSA) is 66.4 Å². The van der Waals surface area contributed by atoms with E-state index in [2.05, 4.69) is 15.9 Å². The molecular weight excluding hydrogens is 343 g/mol. The number of carboxylic acid groups (broad SMARTS) is 1. The van der Waals surface area contributed by atoms with Gasteiger partial charge in [-0.15, -0.1) is 0 Å². The largest absolute Gasteiger partial charge is 0.481 e. The van der Waals surface area contributed by atoms with Crippen molar-refractivity contribution in [3.63, 3.8) is 0 Å². The van der Waals surface area contributed by atoms with Gasteiger partial charge in [0.1, 0.15) is 0 Å². The van der Waals surface area contributed by atoms with Crippen LogP contribution in [-0.4, -0.2) is 29.2 Å². The summed E-state index contributed by atoms with van der Waals surface area (Å²) in [6, 6.07) is 5.51. The lowest BCUT2D eigenvalue weighted by atomic mass is 10.0. The number of aliphatic carboxylic acids is 1. The van der Waals surface area contributed by atoms with Crippen molar-refractivity contribution in [1.82, 2.24) is 5.32 Å². The van der Waals surface area contributed by atoms with Gasteiger partial charge in [0.25, 0.3) is 0 Å². The number of hydrogen-bond acceptors (Lipinski definition) is 2. The van der Waals surface area contributed by atoms with Crippen LogP contribution in [0.3, 0.4) is 0 Å². The van der Waals surface area contributed by atoms with Gasteiger partial charge >= 0.3 is 18.1 Å². The Kier molecular flexibility index (Phi) is 5.55. The van der Waals surface area contributed by atoms with Crippen molar-refractivity contribution in [3.8, 4) is 0 Å². The molecule has 8 heteroatoms. The van der Waals surface area contributed by atoms with Crippen LogP contribution in [0.15, 0.2) is 28.7 Å². The molecule has 1 aromatic rings. The lowest BCUT2D eigenvalue weighted by Crippen LogP contribution is -2.45. The summed E-state index contributed by atoms with van der Waals surface area (Å²) in [6.45, 7) is 0. The quantitative estimate of drug-likeness (QED) is 0.854. The first-order chi connectivity index (χ1) is 9.18. The molecule has 0 spiro atoms.